The fourth-order valence-corrected chi connectivity index (χ4v) is 6.80. The van der Waals surface area contributed by atoms with E-state index in [1.54, 1.807) is 42.5 Å². The summed E-state index contributed by atoms with van der Waals surface area (Å²) >= 11 is 0. The molecule has 0 aliphatic carbocycles. The number of anilines is 1. The summed E-state index contributed by atoms with van der Waals surface area (Å²) in [4.78, 5) is 0.0623. The Labute approximate surface area is 160 Å². The van der Waals surface area contributed by atoms with Gasteiger partial charge in [0.15, 0.2) is 9.84 Å². The maximum atomic E-state index is 13.4. The van der Waals surface area contributed by atoms with Crippen LogP contribution >= 0.6 is 0 Å². The maximum Gasteiger partial charge on any atom is 0.264 e. The Morgan fingerprint density at radius 2 is 1.59 bits per heavy atom. The minimum atomic E-state index is -4.05. The summed E-state index contributed by atoms with van der Waals surface area (Å²) in [5, 5.41) is 10.3. The highest BCUT2D eigenvalue weighted by molar-refractivity contribution is 7.93. The van der Waals surface area contributed by atoms with Crippen LogP contribution in [0.3, 0.4) is 0 Å². The van der Waals surface area contributed by atoms with Crippen molar-refractivity contribution in [1.29, 1.82) is 0 Å². The quantitative estimate of drug-likeness (QED) is 0.817. The lowest BCUT2D eigenvalue weighted by Crippen LogP contribution is -2.47. The fourth-order valence-electron chi connectivity index (χ4n) is 3.26. The molecule has 6 nitrogen and oxygen atoms in total. The summed E-state index contributed by atoms with van der Waals surface area (Å²) in [6.45, 7) is 4.03. The van der Waals surface area contributed by atoms with E-state index in [2.05, 4.69) is 0 Å². The minimum Gasteiger partial charge on any atom is -0.390 e. The van der Waals surface area contributed by atoms with Crippen LogP contribution in [-0.2, 0) is 19.9 Å². The smallest absolute Gasteiger partial charge is 0.264 e. The van der Waals surface area contributed by atoms with Crippen molar-refractivity contribution < 1.29 is 21.9 Å². The number of sulfone groups is 1. The number of rotatable bonds is 5. The van der Waals surface area contributed by atoms with Crippen molar-refractivity contribution in [2.45, 2.75) is 36.8 Å². The van der Waals surface area contributed by atoms with Crippen molar-refractivity contribution in [3.8, 4) is 0 Å². The van der Waals surface area contributed by atoms with Crippen LogP contribution in [0.2, 0.25) is 0 Å². The molecule has 27 heavy (non-hydrogen) atoms. The van der Waals surface area contributed by atoms with E-state index in [9.17, 15) is 21.9 Å². The number of nitrogens with zero attached hydrogens (tertiary/aromatic N) is 1. The molecule has 1 aliphatic heterocycles. The molecule has 1 heterocycles. The molecule has 0 radical (unpaired) electrons. The molecule has 0 spiro atoms. The van der Waals surface area contributed by atoms with Gasteiger partial charge in [0, 0.05) is 0 Å². The largest absolute Gasteiger partial charge is 0.390 e. The Morgan fingerprint density at radius 1 is 1.00 bits per heavy atom. The van der Waals surface area contributed by atoms with Crippen molar-refractivity contribution in [2.75, 3.05) is 15.8 Å². The molecule has 8 heteroatoms. The van der Waals surface area contributed by atoms with Gasteiger partial charge in [0.2, 0.25) is 0 Å². The topological polar surface area (TPSA) is 91.8 Å². The molecule has 3 rings (SSSR count). The van der Waals surface area contributed by atoms with Gasteiger partial charge in [-0.3, -0.25) is 4.31 Å². The van der Waals surface area contributed by atoms with E-state index in [0.717, 1.165) is 9.87 Å². The predicted octanol–water partition coefficient (Wildman–Crippen LogP) is 2.16. The standard InChI is InChI=1S/C19H23NO5S2/c1-14(2)15-8-10-17(11-9-15)27(24,25)20(16-6-4-3-5-7-16)18-12-26(22,23)13-19(18)21/h3-11,14,18-19,21H,12-13H2,1-2H3/t18-,19+/m0/s1. The monoisotopic (exact) mass is 409 g/mol. The van der Waals surface area contributed by atoms with Crippen molar-refractivity contribution in [1.82, 2.24) is 0 Å². The number of sulfonamides is 1. The fraction of sp³-hybridized carbons (Fsp3) is 0.368. The van der Waals surface area contributed by atoms with E-state index in [0.29, 0.717) is 5.69 Å². The van der Waals surface area contributed by atoms with E-state index in [1.807, 2.05) is 13.8 Å². The molecule has 146 valence electrons. The Balaban J connectivity index is 2.10. The first kappa shape index (κ1) is 19.9. The van der Waals surface area contributed by atoms with Crippen LogP contribution in [0.4, 0.5) is 5.69 Å². The van der Waals surface area contributed by atoms with Crippen LogP contribution in [0.25, 0.3) is 0 Å². The van der Waals surface area contributed by atoms with Crippen LogP contribution in [0.5, 0.6) is 0 Å². The van der Waals surface area contributed by atoms with E-state index in [1.165, 1.54) is 12.1 Å². The van der Waals surface area contributed by atoms with Gasteiger partial charge in [0.1, 0.15) is 0 Å². The van der Waals surface area contributed by atoms with Crippen molar-refractivity contribution in [3.05, 3.63) is 60.2 Å². The second-order valence-electron chi connectivity index (χ2n) is 7.07. The van der Waals surface area contributed by atoms with Gasteiger partial charge in [0.25, 0.3) is 10.0 Å². The second kappa shape index (κ2) is 7.26. The summed E-state index contributed by atoms with van der Waals surface area (Å²) in [5.74, 6) is -0.594. The molecule has 0 unspecified atom stereocenters. The molecule has 0 bridgehead atoms. The van der Waals surface area contributed by atoms with E-state index in [4.69, 9.17) is 0 Å². The van der Waals surface area contributed by atoms with Gasteiger partial charge in [-0.05, 0) is 35.7 Å². The Morgan fingerprint density at radius 3 is 2.07 bits per heavy atom. The van der Waals surface area contributed by atoms with Gasteiger partial charge >= 0.3 is 0 Å². The van der Waals surface area contributed by atoms with Crippen LogP contribution in [-0.4, -0.2) is 45.6 Å². The highest BCUT2D eigenvalue weighted by atomic mass is 32.2. The summed E-state index contributed by atoms with van der Waals surface area (Å²) in [6, 6.07) is 13.8. The average Bonchev–Trinajstić information content (AvgIpc) is 2.88. The molecule has 2 atom stereocenters. The first-order valence-electron chi connectivity index (χ1n) is 8.70. The van der Waals surface area contributed by atoms with E-state index in [-0.39, 0.29) is 10.8 Å². The maximum absolute atomic E-state index is 13.4. The summed E-state index contributed by atoms with van der Waals surface area (Å²) < 4.78 is 51.8. The van der Waals surface area contributed by atoms with Crippen LogP contribution < -0.4 is 4.31 Å². The minimum absolute atomic E-state index is 0.0623. The lowest BCUT2D eigenvalue weighted by Gasteiger charge is -2.31. The summed E-state index contributed by atoms with van der Waals surface area (Å²) in [7, 11) is -7.57. The zero-order valence-electron chi connectivity index (χ0n) is 15.2. The molecule has 2 aromatic carbocycles. The molecule has 0 saturated carbocycles. The van der Waals surface area contributed by atoms with Crippen LogP contribution in [0, 0.1) is 0 Å². The van der Waals surface area contributed by atoms with Gasteiger partial charge < -0.3 is 5.11 Å². The number of hydrogen-bond acceptors (Lipinski definition) is 5. The lowest BCUT2D eigenvalue weighted by molar-refractivity contribution is 0.184. The van der Waals surface area contributed by atoms with Gasteiger partial charge in [0.05, 0.1) is 34.2 Å². The molecule has 1 N–H and O–H groups in total. The molecule has 1 saturated heterocycles. The van der Waals surface area contributed by atoms with Gasteiger partial charge in [-0.25, -0.2) is 16.8 Å². The Bertz CT molecular complexity index is 1000. The summed E-state index contributed by atoms with van der Waals surface area (Å²) in [6.07, 6.45) is -1.28. The SMILES string of the molecule is CC(C)c1ccc(S(=O)(=O)N(c2ccccc2)[C@H]2CS(=O)(=O)C[C@H]2O)cc1. The van der Waals surface area contributed by atoms with Crippen molar-refractivity contribution in [3.63, 3.8) is 0 Å². The Hall–Kier alpha value is -1.90. The van der Waals surface area contributed by atoms with Gasteiger partial charge in [-0.2, -0.15) is 0 Å². The molecule has 0 amide bonds. The van der Waals surface area contributed by atoms with Crippen molar-refractivity contribution >= 4 is 25.5 Å². The zero-order valence-corrected chi connectivity index (χ0v) is 16.8. The highest BCUT2D eigenvalue weighted by Crippen LogP contribution is 2.31. The van der Waals surface area contributed by atoms with Crippen molar-refractivity contribution in [2.24, 2.45) is 0 Å². The predicted molar refractivity (Wildman–Crippen MR) is 105 cm³/mol. The summed E-state index contributed by atoms with van der Waals surface area (Å²) in [5.41, 5.74) is 1.33. The molecular weight excluding hydrogens is 386 g/mol. The van der Waals surface area contributed by atoms with E-state index < -0.39 is 43.5 Å². The van der Waals surface area contributed by atoms with Crippen LogP contribution in [0.15, 0.2) is 59.5 Å². The third kappa shape index (κ3) is 4.02. The van der Waals surface area contributed by atoms with Crippen LogP contribution in [0.1, 0.15) is 25.3 Å². The van der Waals surface area contributed by atoms with Gasteiger partial charge in [-0.1, -0.05) is 44.2 Å². The molecule has 1 fully saturated rings. The first-order valence-corrected chi connectivity index (χ1v) is 12.0. The molecule has 1 aliphatic rings. The number of benzene rings is 2. The number of aliphatic hydroxyl groups excluding tert-OH is 1. The number of hydrogen-bond donors (Lipinski definition) is 1. The molecular formula is C19H23NO5S2. The normalized spacial score (nSPS) is 22.1. The third-order valence-electron chi connectivity index (χ3n) is 4.71. The average molecular weight is 410 g/mol. The number of para-hydroxylation sites is 1. The Kier molecular flexibility index (Phi) is 5.33. The lowest BCUT2D eigenvalue weighted by atomic mass is 10.0. The molecule has 2 aromatic rings. The van der Waals surface area contributed by atoms with Gasteiger partial charge in [-0.15, -0.1) is 0 Å². The molecule has 0 aromatic heterocycles. The third-order valence-corrected chi connectivity index (χ3v) is 8.28. The highest BCUT2D eigenvalue weighted by Gasteiger charge is 2.45. The zero-order chi connectivity index (χ0) is 19.8. The second-order valence-corrected chi connectivity index (χ2v) is 11.0. The number of aliphatic hydroxyl groups is 1. The van der Waals surface area contributed by atoms with E-state index >= 15 is 0 Å². The first-order chi connectivity index (χ1) is 12.6.